The molecule has 0 aromatic rings. The van der Waals surface area contributed by atoms with Crippen molar-refractivity contribution in [1.29, 1.82) is 0 Å². The zero-order valence-corrected chi connectivity index (χ0v) is 12.6. The van der Waals surface area contributed by atoms with Crippen molar-refractivity contribution in [3.63, 3.8) is 0 Å². The van der Waals surface area contributed by atoms with Gasteiger partial charge in [0.15, 0.2) is 0 Å². The van der Waals surface area contributed by atoms with Crippen molar-refractivity contribution in [2.24, 2.45) is 11.5 Å². The van der Waals surface area contributed by atoms with Crippen molar-refractivity contribution in [3.8, 4) is 0 Å². The number of carboxylic acids is 1. The minimum atomic E-state index is -1.32. The van der Waals surface area contributed by atoms with Crippen LogP contribution in [0.4, 0.5) is 0 Å². The van der Waals surface area contributed by atoms with E-state index in [0.717, 1.165) is 0 Å². The Labute approximate surface area is 132 Å². The van der Waals surface area contributed by atoms with E-state index in [9.17, 15) is 24.0 Å². The smallest absolute Gasteiger partial charge is 0.326 e. The Morgan fingerprint density at radius 2 is 1.61 bits per heavy atom. The highest BCUT2D eigenvalue weighted by molar-refractivity contribution is 5.90. The van der Waals surface area contributed by atoms with Crippen molar-refractivity contribution < 1.29 is 29.1 Å². The Morgan fingerprint density at radius 1 is 1.04 bits per heavy atom. The number of carbonyl (C=O) groups excluding carboxylic acids is 4. The van der Waals surface area contributed by atoms with E-state index < -0.39 is 48.2 Å². The zero-order chi connectivity index (χ0) is 18.0. The predicted octanol–water partition coefficient (Wildman–Crippen LogP) is -3.60. The molecule has 2 atom stereocenters. The van der Waals surface area contributed by atoms with Crippen LogP contribution in [-0.2, 0) is 24.0 Å². The van der Waals surface area contributed by atoms with Crippen LogP contribution in [0.1, 0.15) is 19.8 Å². The fourth-order valence-electron chi connectivity index (χ4n) is 1.36. The van der Waals surface area contributed by atoms with Crippen molar-refractivity contribution in [3.05, 3.63) is 0 Å². The zero-order valence-electron chi connectivity index (χ0n) is 12.6. The lowest BCUT2D eigenvalue weighted by Crippen LogP contribution is -2.48. The minimum Gasteiger partial charge on any atom is -0.480 e. The van der Waals surface area contributed by atoms with Gasteiger partial charge in [-0.1, -0.05) is 0 Å². The number of nitrogens with two attached hydrogens (primary N) is 2. The standard InChI is InChI=1S/C12H21N5O6/c1-6(13)11(21)16-4-9(19)15-5-10(20)17-7(12(22)23)2-3-8(14)18/h6-7H,2-5,13H2,1H3,(H2,14,18)(H,15,19)(H,16,21)(H,17,20)(H,22,23). The number of hydrogen-bond acceptors (Lipinski definition) is 6. The molecule has 0 radical (unpaired) electrons. The SMILES string of the molecule is CC(N)C(=O)NCC(=O)NCC(=O)NC(CCC(N)=O)C(=O)O. The first-order valence-electron chi connectivity index (χ1n) is 6.74. The molecule has 11 heteroatoms. The molecule has 0 heterocycles. The van der Waals surface area contributed by atoms with E-state index in [1.165, 1.54) is 6.92 Å². The van der Waals surface area contributed by atoms with Gasteiger partial charge in [-0.2, -0.15) is 0 Å². The Balaban J connectivity index is 4.16. The third-order valence-corrected chi connectivity index (χ3v) is 2.60. The lowest BCUT2D eigenvalue weighted by Gasteiger charge is -2.14. The van der Waals surface area contributed by atoms with Crippen LogP contribution in [0.5, 0.6) is 0 Å². The highest BCUT2D eigenvalue weighted by atomic mass is 16.4. The van der Waals surface area contributed by atoms with E-state index in [0.29, 0.717) is 0 Å². The normalized spacial score (nSPS) is 12.6. The Bertz CT molecular complexity index is 479. The molecule has 0 saturated carbocycles. The molecule has 8 N–H and O–H groups in total. The fourth-order valence-corrected chi connectivity index (χ4v) is 1.36. The van der Waals surface area contributed by atoms with E-state index in [1.807, 2.05) is 0 Å². The van der Waals surface area contributed by atoms with Gasteiger partial charge in [-0.15, -0.1) is 0 Å². The molecule has 0 aromatic heterocycles. The first-order valence-corrected chi connectivity index (χ1v) is 6.74. The number of carboxylic acid groups (broad SMARTS) is 1. The number of nitrogens with one attached hydrogen (secondary N) is 3. The molecule has 0 aliphatic heterocycles. The van der Waals surface area contributed by atoms with Crippen molar-refractivity contribution in [2.45, 2.75) is 31.8 Å². The third kappa shape index (κ3) is 9.79. The second-order valence-corrected chi connectivity index (χ2v) is 4.75. The summed E-state index contributed by atoms with van der Waals surface area (Å²) in [5.41, 5.74) is 10.2. The molecule has 0 spiro atoms. The van der Waals surface area contributed by atoms with E-state index in [1.54, 1.807) is 0 Å². The Morgan fingerprint density at radius 3 is 2.09 bits per heavy atom. The van der Waals surface area contributed by atoms with Gasteiger partial charge in [0.2, 0.25) is 23.6 Å². The van der Waals surface area contributed by atoms with Gasteiger partial charge in [-0.3, -0.25) is 19.2 Å². The van der Waals surface area contributed by atoms with Gasteiger partial charge in [-0.05, 0) is 13.3 Å². The summed E-state index contributed by atoms with van der Waals surface area (Å²) in [5.74, 6) is -3.94. The maximum absolute atomic E-state index is 11.5. The van der Waals surface area contributed by atoms with Crippen LogP contribution in [0.25, 0.3) is 0 Å². The van der Waals surface area contributed by atoms with E-state index in [4.69, 9.17) is 16.6 Å². The molecule has 23 heavy (non-hydrogen) atoms. The van der Waals surface area contributed by atoms with E-state index >= 15 is 0 Å². The van der Waals surface area contributed by atoms with Crippen LogP contribution in [0.3, 0.4) is 0 Å². The summed E-state index contributed by atoms with van der Waals surface area (Å²) in [6, 6.07) is -2.06. The molecule has 4 amide bonds. The molecule has 0 aromatic carbocycles. The Kier molecular flexibility index (Phi) is 8.92. The molecule has 0 aliphatic rings. The lowest BCUT2D eigenvalue weighted by atomic mass is 10.1. The van der Waals surface area contributed by atoms with Crippen LogP contribution < -0.4 is 27.4 Å². The number of aliphatic carboxylic acids is 1. The summed E-state index contributed by atoms with van der Waals surface area (Å²) < 4.78 is 0. The van der Waals surface area contributed by atoms with Crippen LogP contribution in [0.2, 0.25) is 0 Å². The lowest BCUT2D eigenvalue weighted by molar-refractivity contribution is -0.142. The van der Waals surface area contributed by atoms with Crippen molar-refractivity contribution in [2.75, 3.05) is 13.1 Å². The summed E-state index contributed by atoms with van der Waals surface area (Å²) in [6.45, 7) is 0.601. The number of rotatable bonds is 10. The fraction of sp³-hybridized carbons (Fsp3) is 0.583. The molecule has 0 aliphatic carbocycles. The van der Waals surface area contributed by atoms with Crippen LogP contribution in [-0.4, -0.2) is 59.9 Å². The van der Waals surface area contributed by atoms with Crippen LogP contribution >= 0.6 is 0 Å². The van der Waals surface area contributed by atoms with Gasteiger partial charge in [-0.25, -0.2) is 4.79 Å². The van der Waals surface area contributed by atoms with Crippen LogP contribution in [0.15, 0.2) is 0 Å². The average Bonchev–Trinajstić information content (AvgIpc) is 2.45. The van der Waals surface area contributed by atoms with E-state index in [2.05, 4.69) is 16.0 Å². The molecule has 0 fully saturated rings. The molecule has 11 nitrogen and oxygen atoms in total. The van der Waals surface area contributed by atoms with Gasteiger partial charge < -0.3 is 32.5 Å². The molecular formula is C12H21N5O6. The highest BCUT2D eigenvalue weighted by Gasteiger charge is 2.20. The first kappa shape index (κ1) is 20.3. The first-order chi connectivity index (χ1) is 10.6. The summed E-state index contributed by atoms with van der Waals surface area (Å²) in [7, 11) is 0. The second-order valence-electron chi connectivity index (χ2n) is 4.75. The number of primary amides is 1. The van der Waals surface area contributed by atoms with Gasteiger partial charge in [0, 0.05) is 6.42 Å². The molecular weight excluding hydrogens is 310 g/mol. The third-order valence-electron chi connectivity index (χ3n) is 2.60. The topological polar surface area (TPSA) is 194 Å². The predicted molar refractivity (Wildman–Crippen MR) is 77.7 cm³/mol. The van der Waals surface area contributed by atoms with E-state index in [-0.39, 0.29) is 19.4 Å². The van der Waals surface area contributed by atoms with Gasteiger partial charge in [0.25, 0.3) is 0 Å². The molecule has 130 valence electrons. The minimum absolute atomic E-state index is 0.158. The van der Waals surface area contributed by atoms with Gasteiger partial charge in [0.05, 0.1) is 19.1 Å². The summed E-state index contributed by atoms with van der Waals surface area (Å²) >= 11 is 0. The monoisotopic (exact) mass is 331 g/mol. The summed E-state index contributed by atoms with van der Waals surface area (Å²) in [5, 5.41) is 15.5. The number of carbonyl (C=O) groups is 5. The average molecular weight is 331 g/mol. The molecule has 0 rings (SSSR count). The Hall–Kier alpha value is -2.69. The maximum Gasteiger partial charge on any atom is 0.326 e. The molecule has 2 unspecified atom stereocenters. The van der Waals surface area contributed by atoms with Gasteiger partial charge in [0.1, 0.15) is 6.04 Å². The van der Waals surface area contributed by atoms with Crippen molar-refractivity contribution >= 4 is 29.6 Å². The summed E-state index contributed by atoms with van der Waals surface area (Å²) in [4.78, 5) is 55.6. The molecule has 0 saturated heterocycles. The second kappa shape index (κ2) is 10.1. The highest BCUT2D eigenvalue weighted by Crippen LogP contribution is 1.97. The largest absolute Gasteiger partial charge is 0.480 e. The molecule has 0 bridgehead atoms. The number of hydrogen-bond donors (Lipinski definition) is 6. The quantitative estimate of drug-likeness (QED) is 0.238. The van der Waals surface area contributed by atoms with Gasteiger partial charge >= 0.3 is 5.97 Å². The maximum atomic E-state index is 11.5. The summed E-state index contributed by atoms with van der Waals surface area (Å²) in [6.07, 6.45) is -0.359. The van der Waals surface area contributed by atoms with Crippen molar-refractivity contribution in [1.82, 2.24) is 16.0 Å². The number of amides is 4. The van der Waals surface area contributed by atoms with Crippen LogP contribution in [0, 0.1) is 0 Å².